The number of amides is 1. The van der Waals surface area contributed by atoms with Gasteiger partial charge in [-0.15, -0.1) is 0 Å². The maximum Gasteiger partial charge on any atom is 0.262 e. The molecule has 0 aromatic heterocycles. The molecule has 0 heterocycles. The molecule has 0 N–H and O–H groups in total. The van der Waals surface area contributed by atoms with Crippen LogP contribution in [0.4, 0.5) is 0 Å². The largest absolute Gasteiger partial charge is 0.496 e. The highest BCUT2D eigenvalue weighted by molar-refractivity contribution is 6.01. The zero-order chi connectivity index (χ0) is 19.6. The minimum absolute atomic E-state index is 0.0662. The molecule has 0 spiro atoms. The summed E-state index contributed by atoms with van der Waals surface area (Å²) in [5.74, 6) is 1.46. The summed E-state index contributed by atoms with van der Waals surface area (Å²) in [5.41, 5.74) is 3.28. The third-order valence-electron chi connectivity index (χ3n) is 4.62. The van der Waals surface area contributed by atoms with Gasteiger partial charge >= 0.3 is 0 Å². The molecule has 1 unspecified atom stereocenters. The van der Waals surface area contributed by atoms with Crippen LogP contribution in [0.1, 0.15) is 12.5 Å². The number of rotatable bonds is 5. The predicted molar refractivity (Wildman–Crippen MR) is 109 cm³/mol. The Balaban J connectivity index is 2.12. The van der Waals surface area contributed by atoms with Gasteiger partial charge in [0.2, 0.25) is 0 Å². The van der Waals surface area contributed by atoms with Crippen molar-refractivity contribution in [3.05, 3.63) is 60.2 Å². The molecule has 140 valence electrons. The Bertz CT molecular complexity index is 979. The summed E-state index contributed by atoms with van der Waals surface area (Å²) >= 11 is 0. The lowest BCUT2D eigenvalue weighted by atomic mass is 9.96. The van der Waals surface area contributed by atoms with E-state index in [9.17, 15) is 4.79 Å². The number of likely N-dealkylation sites (N-methyl/N-ethyl adjacent to an activating group) is 1. The van der Waals surface area contributed by atoms with E-state index in [2.05, 4.69) is 19.1 Å². The number of hydrogen-bond acceptors (Lipinski definition) is 3. The van der Waals surface area contributed by atoms with Gasteiger partial charge in [-0.1, -0.05) is 35.9 Å². The Morgan fingerprint density at radius 1 is 0.926 bits per heavy atom. The summed E-state index contributed by atoms with van der Waals surface area (Å²) < 4.78 is 11.6. The van der Waals surface area contributed by atoms with Gasteiger partial charge in [-0.25, -0.2) is 0 Å². The van der Waals surface area contributed by atoms with E-state index in [4.69, 9.17) is 9.47 Å². The van der Waals surface area contributed by atoms with E-state index in [0.29, 0.717) is 5.75 Å². The van der Waals surface area contributed by atoms with Gasteiger partial charge in [-0.05, 0) is 49.1 Å². The van der Waals surface area contributed by atoms with Gasteiger partial charge in [0, 0.05) is 25.0 Å². The SMILES string of the molecule is COc1ccc(C)cc1-c1ccc(OC(C)C(=O)N(C)C)c2ccccc12. The Morgan fingerprint density at radius 2 is 1.59 bits per heavy atom. The van der Waals surface area contributed by atoms with Gasteiger partial charge in [-0.3, -0.25) is 4.79 Å². The molecule has 0 aliphatic heterocycles. The average molecular weight is 363 g/mol. The zero-order valence-corrected chi connectivity index (χ0v) is 16.4. The van der Waals surface area contributed by atoms with Crippen LogP contribution >= 0.6 is 0 Å². The number of fused-ring (bicyclic) bond motifs is 1. The molecule has 0 saturated carbocycles. The smallest absolute Gasteiger partial charge is 0.262 e. The van der Waals surface area contributed by atoms with Crippen molar-refractivity contribution in [2.24, 2.45) is 0 Å². The van der Waals surface area contributed by atoms with Crippen LogP contribution in [0.2, 0.25) is 0 Å². The average Bonchev–Trinajstić information content (AvgIpc) is 2.67. The van der Waals surface area contributed by atoms with Gasteiger partial charge in [0.15, 0.2) is 6.10 Å². The standard InChI is InChI=1S/C23H25NO3/c1-15-10-12-21(26-5)20(14-15)18-11-13-22(19-9-7-6-8-17(18)19)27-16(2)23(25)24(3)4/h6-14,16H,1-5H3. The molecule has 3 rings (SSSR count). The number of carbonyl (C=O) groups is 1. The first kappa shape index (κ1) is 18.8. The minimum atomic E-state index is -0.553. The first-order valence-electron chi connectivity index (χ1n) is 8.97. The number of aryl methyl sites for hydroxylation is 1. The van der Waals surface area contributed by atoms with Crippen LogP contribution in [0.3, 0.4) is 0 Å². The van der Waals surface area contributed by atoms with E-state index >= 15 is 0 Å². The van der Waals surface area contributed by atoms with Gasteiger partial charge in [0.25, 0.3) is 5.91 Å². The van der Waals surface area contributed by atoms with Crippen molar-refractivity contribution in [1.29, 1.82) is 0 Å². The number of carbonyl (C=O) groups excluding carboxylic acids is 1. The van der Waals surface area contributed by atoms with Crippen molar-refractivity contribution in [2.75, 3.05) is 21.2 Å². The highest BCUT2D eigenvalue weighted by Crippen LogP contribution is 2.39. The van der Waals surface area contributed by atoms with E-state index < -0.39 is 6.10 Å². The van der Waals surface area contributed by atoms with Gasteiger partial charge in [-0.2, -0.15) is 0 Å². The van der Waals surface area contributed by atoms with Crippen molar-refractivity contribution < 1.29 is 14.3 Å². The molecular formula is C23H25NO3. The fourth-order valence-electron chi connectivity index (χ4n) is 3.25. The molecule has 1 atom stereocenters. The highest BCUT2D eigenvalue weighted by Gasteiger charge is 2.19. The summed E-state index contributed by atoms with van der Waals surface area (Å²) in [7, 11) is 5.14. The second-order valence-corrected chi connectivity index (χ2v) is 6.85. The van der Waals surface area contributed by atoms with Crippen molar-refractivity contribution in [1.82, 2.24) is 4.90 Å². The van der Waals surface area contributed by atoms with Gasteiger partial charge in [0.1, 0.15) is 11.5 Å². The maximum atomic E-state index is 12.2. The molecule has 0 aliphatic rings. The Labute approximate surface area is 160 Å². The van der Waals surface area contributed by atoms with E-state index in [1.54, 1.807) is 33.0 Å². The van der Waals surface area contributed by atoms with Crippen molar-refractivity contribution in [3.63, 3.8) is 0 Å². The van der Waals surface area contributed by atoms with Crippen molar-refractivity contribution >= 4 is 16.7 Å². The molecular weight excluding hydrogens is 338 g/mol. The molecule has 4 nitrogen and oxygen atoms in total. The maximum absolute atomic E-state index is 12.2. The molecule has 0 fully saturated rings. The molecule has 0 bridgehead atoms. The fraction of sp³-hybridized carbons (Fsp3) is 0.261. The normalized spacial score (nSPS) is 11.9. The van der Waals surface area contributed by atoms with Crippen LogP contribution in [0.15, 0.2) is 54.6 Å². The van der Waals surface area contributed by atoms with Crippen LogP contribution < -0.4 is 9.47 Å². The number of hydrogen-bond donors (Lipinski definition) is 0. The summed E-state index contributed by atoms with van der Waals surface area (Å²) in [6, 6.07) is 18.2. The minimum Gasteiger partial charge on any atom is -0.496 e. The third-order valence-corrected chi connectivity index (χ3v) is 4.62. The molecule has 27 heavy (non-hydrogen) atoms. The number of ether oxygens (including phenoxy) is 2. The Morgan fingerprint density at radius 3 is 2.26 bits per heavy atom. The molecule has 0 radical (unpaired) electrons. The lowest BCUT2D eigenvalue weighted by Crippen LogP contribution is -2.35. The number of benzene rings is 3. The van der Waals surface area contributed by atoms with Crippen LogP contribution in [0.5, 0.6) is 11.5 Å². The van der Waals surface area contributed by atoms with E-state index in [1.165, 1.54) is 5.56 Å². The molecule has 0 aliphatic carbocycles. The quantitative estimate of drug-likeness (QED) is 0.661. The summed E-state index contributed by atoms with van der Waals surface area (Å²) in [6.45, 7) is 3.84. The summed E-state index contributed by atoms with van der Waals surface area (Å²) in [4.78, 5) is 13.7. The Kier molecular flexibility index (Phi) is 5.36. The third kappa shape index (κ3) is 3.75. The van der Waals surface area contributed by atoms with Crippen molar-refractivity contribution in [2.45, 2.75) is 20.0 Å². The fourth-order valence-corrected chi connectivity index (χ4v) is 3.25. The summed E-state index contributed by atoms with van der Waals surface area (Å²) in [6.07, 6.45) is -0.553. The van der Waals surface area contributed by atoms with E-state index in [1.807, 2.05) is 42.5 Å². The lowest BCUT2D eigenvalue weighted by molar-refractivity contribution is -0.135. The monoisotopic (exact) mass is 363 g/mol. The van der Waals surface area contributed by atoms with Gasteiger partial charge < -0.3 is 14.4 Å². The van der Waals surface area contributed by atoms with Crippen LogP contribution in [-0.2, 0) is 4.79 Å². The predicted octanol–water partition coefficient (Wildman–Crippen LogP) is 4.68. The zero-order valence-electron chi connectivity index (χ0n) is 16.4. The first-order valence-corrected chi connectivity index (χ1v) is 8.97. The summed E-state index contributed by atoms with van der Waals surface area (Å²) in [5, 5.41) is 2.03. The first-order chi connectivity index (χ1) is 12.9. The van der Waals surface area contributed by atoms with Gasteiger partial charge in [0.05, 0.1) is 7.11 Å². The second-order valence-electron chi connectivity index (χ2n) is 6.85. The second kappa shape index (κ2) is 7.70. The van der Waals surface area contributed by atoms with E-state index in [-0.39, 0.29) is 5.91 Å². The molecule has 0 saturated heterocycles. The van der Waals surface area contributed by atoms with Crippen molar-refractivity contribution in [3.8, 4) is 22.6 Å². The molecule has 4 heteroatoms. The molecule has 3 aromatic rings. The van der Waals surface area contributed by atoms with Crippen LogP contribution in [-0.4, -0.2) is 38.1 Å². The van der Waals surface area contributed by atoms with E-state index in [0.717, 1.165) is 27.6 Å². The lowest BCUT2D eigenvalue weighted by Gasteiger charge is -2.20. The Hall–Kier alpha value is -3.01. The highest BCUT2D eigenvalue weighted by atomic mass is 16.5. The number of methoxy groups -OCH3 is 1. The van der Waals surface area contributed by atoms with Crippen LogP contribution in [0.25, 0.3) is 21.9 Å². The molecule has 3 aromatic carbocycles. The topological polar surface area (TPSA) is 38.8 Å². The molecule has 1 amide bonds. The number of nitrogens with zero attached hydrogens (tertiary/aromatic N) is 1. The van der Waals surface area contributed by atoms with Crippen LogP contribution in [0, 0.1) is 6.92 Å².